The van der Waals surface area contributed by atoms with Crippen molar-refractivity contribution in [2.45, 2.75) is 20.1 Å². The van der Waals surface area contributed by atoms with Gasteiger partial charge in [-0.2, -0.15) is 10.1 Å². The standard InChI is InChI=1S/C20H16ClN5O4/c1-12-17(18(21)25(22-12)15-8-4-3-5-9-15)20-24(13(2)27)23-19(30-20)14-7-6-10-16(11-14)26(28)29/h3-11,20H,1-2H3/t20-/m1/s1. The lowest BCUT2D eigenvalue weighted by atomic mass is 10.2. The van der Waals surface area contributed by atoms with Crippen molar-refractivity contribution >= 4 is 29.1 Å². The van der Waals surface area contributed by atoms with E-state index in [0.717, 1.165) is 10.7 Å². The second kappa shape index (κ2) is 7.60. The number of hydrazone groups is 1. The second-order valence-electron chi connectivity index (χ2n) is 6.58. The number of rotatable bonds is 4. The van der Waals surface area contributed by atoms with Crippen LogP contribution in [0.15, 0.2) is 59.7 Å². The number of benzene rings is 2. The van der Waals surface area contributed by atoms with E-state index in [1.54, 1.807) is 17.7 Å². The van der Waals surface area contributed by atoms with E-state index in [2.05, 4.69) is 10.2 Å². The summed E-state index contributed by atoms with van der Waals surface area (Å²) >= 11 is 6.62. The van der Waals surface area contributed by atoms with Gasteiger partial charge in [0.15, 0.2) is 0 Å². The number of hydrogen-bond acceptors (Lipinski definition) is 6. The number of aromatic nitrogens is 2. The summed E-state index contributed by atoms with van der Waals surface area (Å²) in [4.78, 5) is 22.8. The summed E-state index contributed by atoms with van der Waals surface area (Å²) in [6, 6.07) is 15.2. The highest BCUT2D eigenvalue weighted by Crippen LogP contribution is 2.37. The average Bonchev–Trinajstić information content (AvgIpc) is 3.29. The third-order valence-corrected chi connectivity index (χ3v) is 4.93. The molecular formula is C20H16ClN5O4. The molecule has 0 spiro atoms. The molecular weight excluding hydrogens is 410 g/mol. The first kappa shape index (κ1) is 19.6. The van der Waals surface area contributed by atoms with Gasteiger partial charge < -0.3 is 4.74 Å². The molecule has 0 saturated carbocycles. The molecule has 2 aromatic carbocycles. The summed E-state index contributed by atoms with van der Waals surface area (Å²) in [6.45, 7) is 3.11. The molecule has 0 bridgehead atoms. The van der Waals surface area contributed by atoms with Crippen LogP contribution in [0.3, 0.4) is 0 Å². The van der Waals surface area contributed by atoms with Crippen LogP contribution in [0, 0.1) is 17.0 Å². The number of hydrogen-bond donors (Lipinski definition) is 0. The summed E-state index contributed by atoms with van der Waals surface area (Å²) in [5.74, 6) is -0.287. The van der Waals surface area contributed by atoms with E-state index >= 15 is 0 Å². The highest BCUT2D eigenvalue weighted by Gasteiger charge is 2.38. The normalized spacial score (nSPS) is 15.6. The fraction of sp³-hybridized carbons (Fsp3) is 0.150. The lowest BCUT2D eigenvalue weighted by Crippen LogP contribution is -2.25. The predicted octanol–water partition coefficient (Wildman–Crippen LogP) is 3.98. The Morgan fingerprint density at radius 1 is 1.20 bits per heavy atom. The van der Waals surface area contributed by atoms with Crippen LogP contribution in [-0.4, -0.2) is 31.5 Å². The third-order valence-electron chi connectivity index (χ3n) is 4.57. The Kier molecular flexibility index (Phi) is 4.96. The van der Waals surface area contributed by atoms with Gasteiger partial charge in [-0.15, -0.1) is 5.10 Å². The number of carbonyl (C=O) groups is 1. The summed E-state index contributed by atoms with van der Waals surface area (Å²) in [5.41, 5.74) is 2.07. The largest absolute Gasteiger partial charge is 0.445 e. The van der Waals surface area contributed by atoms with Crippen LogP contribution < -0.4 is 0 Å². The van der Waals surface area contributed by atoms with Crippen LogP contribution in [0.4, 0.5) is 5.69 Å². The summed E-state index contributed by atoms with van der Waals surface area (Å²) < 4.78 is 7.50. The SMILES string of the molecule is CC(=O)N1N=C(c2cccc([N+](=O)[O-])c2)O[C@@H]1c1c(C)nn(-c2ccccc2)c1Cl. The van der Waals surface area contributed by atoms with E-state index in [0.29, 0.717) is 16.8 Å². The zero-order chi connectivity index (χ0) is 21.4. The first-order chi connectivity index (χ1) is 14.4. The molecule has 1 aliphatic heterocycles. The maximum absolute atomic E-state index is 12.2. The minimum Gasteiger partial charge on any atom is -0.445 e. The molecule has 0 fully saturated rings. The highest BCUT2D eigenvalue weighted by molar-refractivity contribution is 6.30. The number of aryl methyl sites for hydroxylation is 1. The first-order valence-electron chi connectivity index (χ1n) is 8.97. The Morgan fingerprint density at radius 3 is 2.60 bits per heavy atom. The Morgan fingerprint density at radius 2 is 1.93 bits per heavy atom. The Hall–Kier alpha value is -3.72. The second-order valence-corrected chi connectivity index (χ2v) is 6.94. The molecule has 3 aromatic rings. The molecule has 1 amide bonds. The van der Waals surface area contributed by atoms with Crippen molar-refractivity contribution in [2.24, 2.45) is 5.10 Å². The van der Waals surface area contributed by atoms with Gasteiger partial charge in [-0.25, -0.2) is 4.68 Å². The summed E-state index contributed by atoms with van der Waals surface area (Å²) in [7, 11) is 0. The van der Waals surface area contributed by atoms with E-state index in [9.17, 15) is 14.9 Å². The molecule has 4 rings (SSSR count). The van der Waals surface area contributed by atoms with E-state index in [1.807, 2.05) is 30.3 Å². The highest BCUT2D eigenvalue weighted by atomic mass is 35.5. The molecule has 1 atom stereocenters. The molecule has 0 radical (unpaired) electrons. The smallest absolute Gasteiger partial charge is 0.270 e. The number of nitrogens with zero attached hydrogens (tertiary/aromatic N) is 5. The molecule has 0 saturated heterocycles. The number of para-hydroxylation sites is 1. The number of amides is 1. The molecule has 1 aromatic heterocycles. The van der Waals surface area contributed by atoms with Crippen molar-refractivity contribution in [3.05, 3.63) is 86.7 Å². The maximum Gasteiger partial charge on any atom is 0.270 e. The number of nitro groups is 1. The number of non-ortho nitro benzene ring substituents is 1. The van der Waals surface area contributed by atoms with Crippen LogP contribution in [0.5, 0.6) is 0 Å². The topological polar surface area (TPSA) is 103 Å². The van der Waals surface area contributed by atoms with Crippen molar-refractivity contribution in [3.8, 4) is 5.69 Å². The molecule has 2 heterocycles. The van der Waals surface area contributed by atoms with Gasteiger partial charge in [-0.05, 0) is 25.1 Å². The number of carbonyl (C=O) groups excluding carboxylic acids is 1. The Balaban J connectivity index is 1.74. The molecule has 10 heteroatoms. The van der Waals surface area contributed by atoms with Gasteiger partial charge in [-0.1, -0.05) is 35.9 Å². The van der Waals surface area contributed by atoms with Crippen molar-refractivity contribution in [1.82, 2.24) is 14.8 Å². The van der Waals surface area contributed by atoms with Crippen LogP contribution in [0.25, 0.3) is 5.69 Å². The fourth-order valence-corrected chi connectivity index (χ4v) is 3.52. The van der Waals surface area contributed by atoms with Crippen molar-refractivity contribution in [2.75, 3.05) is 0 Å². The number of nitro benzene ring substituents is 1. The van der Waals surface area contributed by atoms with Crippen molar-refractivity contribution < 1.29 is 14.5 Å². The molecule has 0 N–H and O–H groups in total. The van der Waals surface area contributed by atoms with Gasteiger partial charge in [-0.3, -0.25) is 14.9 Å². The fourth-order valence-electron chi connectivity index (χ4n) is 3.16. The molecule has 9 nitrogen and oxygen atoms in total. The Labute approximate surface area is 176 Å². The summed E-state index contributed by atoms with van der Waals surface area (Å²) in [6.07, 6.45) is -0.943. The molecule has 0 aliphatic carbocycles. The van der Waals surface area contributed by atoms with Gasteiger partial charge in [0, 0.05) is 24.6 Å². The van der Waals surface area contributed by atoms with Crippen LogP contribution in [0.2, 0.25) is 5.15 Å². The Bertz CT molecular complexity index is 1180. The van der Waals surface area contributed by atoms with Crippen LogP contribution in [-0.2, 0) is 9.53 Å². The molecule has 30 heavy (non-hydrogen) atoms. The first-order valence-corrected chi connectivity index (χ1v) is 9.35. The van der Waals surface area contributed by atoms with Crippen LogP contribution in [0.1, 0.15) is 30.0 Å². The maximum atomic E-state index is 12.2. The molecule has 0 unspecified atom stereocenters. The zero-order valence-corrected chi connectivity index (χ0v) is 16.8. The number of ether oxygens (including phenoxy) is 1. The molecule has 152 valence electrons. The minimum absolute atomic E-state index is 0.0850. The monoisotopic (exact) mass is 425 g/mol. The van der Waals surface area contributed by atoms with E-state index < -0.39 is 11.2 Å². The lowest BCUT2D eigenvalue weighted by Gasteiger charge is -2.19. The lowest BCUT2D eigenvalue weighted by molar-refractivity contribution is -0.384. The van der Waals surface area contributed by atoms with Gasteiger partial charge in [0.1, 0.15) is 5.15 Å². The van der Waals surface area contributed by atoms with Gasteiger partial charge in [0.25, 0.3) is 5.69 Å². The number of halogens is 1. The van der Waals surface area contributed by atoms with E-state index in [4.69, 9.17) is 16.3 Å². The third kappa shape index (κ3) is 3.39. The van der Waals surface area contributed by atoms with E-state index in [1.165, 1.54) is 25.1 Å². The van der Waals surface area contributed by atoms with Crippen molar-refractivity contribution in [3.63, 3.8) is 0 Å². The predicted molar refractivity (Wildman–Crippen MR) is 109 cm³/mol. The van der Waals surface area contributed by atoms with Gasteiger partial charge >= 0.3 is 0 Å². The zero-order valence-electron chi connectivity index (χ0n) is 16.0. The molecule has 1 aliphatic rings. The van der Waals surface area contributed by atoms with E-state index in [-0.39, 0.29) is 22.6 Å². The average molecular weight is 426 g/mol. The van der Waals surface area contributed by atoms with Crippen molar-refractivity contribution in [1.29, 1.82) is 0 Å². The van der Waals surface area contributed by atoms with Gasteiger partial charge in [0.2, 0.25) is 18.0 Å². The van der Waals surface area contributed by atoms with Crippen LogP contribution >= 0.6 is 11.6 Å². The van der Waals surface area contributed by atoms with Gasteiger partial charge in [0.05, 0.1) is 21.9 Å². The minimum atomic E-state index is -0.943. The quantitative estimate of drug-likeness (QED) is 0.464. The summed E-state index contributed by atoms with van der Waals surface area (Å²) in [5, 5.41) is 21.2.